The third-order valence-electron chi connectivity index (χ3n) is 2.25. The van der Waals surface area contributed by atoms with E-state index in [0.717, 1.165) is 12.8 Å². The molecular weight excluding hydrogens is 280 g/mol. The average Bonchev–Trinajstić information content (AvgIpc) is 2.14. The van der Waals surface area contributed by atoms with Crippen molar-refractivity contribution in [3.05, 3.63) is 0 Å². The van der Waals surface area contributed by atoms with Gasteiger partial charge in [-0.3, -0.25) is 0 Å². The molecule has 0 spiro atoms. The van der Waals surface area contributed by atoms with Crippen molar-refractivity contribution in [2.75, 3.05) is 6.61 Å². The second-order valence-electron chi connectivity index (χ2n) is 3.76. The summed E-state index contributed by atoms with van der Waals surface area (Å²) in [4.78, 5) is 20.2. The zero-order chi connectivity index (χ0) is 11.6. The Balaban J connectivity index is 0. The predicted octanol–water partition coefficient (Wildman–Crippen LogP) is 1.97. The minimum Gasteiger partial charge on any atom is -0.790 e. The van der Waals surface area contributed by atoms with Gasteiger partial charge in [0.15, 0.2) is 0 Å². The van der Waals surface area contributed by atoms with E-state index in [1.54, 1.807) is 0 Å². The first-order chi connectivity index (χ1) is 7.06. The second kappa shape index (κ2) is 12.2. The van der Waals surface area contributed by atoms with Crippen molar-refractivity contribution in [1.29, 1.82) is 0 Å². The van der Waals surface area contributed by atoms with Crippen molar-refractivity contribution in [1.82, 2.24) is 0 Å². The van der Waals surface area contributed by atoms with Crippen LogP contribution in [0.25, 0.3) is 0 Å². The molecule has 4 nitrogen and oxygen atoms in total. The first-order valence-electron chi connectivity index (χ1n) is 5.73. The fourth-order valence-corrected chi connectivity index (χ4v) is 1.77. The molecule has 0 aliphatic rings. The largest absolute Gasteiger partial charge is 2.00 e. The van der Waals surface area contributed by atoms with Crippen molar-refractivity contribution < 1.29 is 38.4 Å². The molecule has 0 rings (SSSR count). The van der Waals surface area contributed by atoms with Gasteiger partial charge in [0.25, 0.3) is 0 Å². The van der Waals surface area contributed by atoms with Crippen LogP contribution in [0.2, 0.25) is 0 Å². The molecule has 0 saturated carbocycles. The average molecular weight is 302 g/mol. The Morgan fingerprint density at radius 1 is 0.938 bits per heavy atom. The van der Waals surface area contributed by atoms with Gasteiger partial charge in [0.1, 0.15) is 0 Å². The summed E-state index contributed by atoms with van der Waals surface area (Å²) in [5.41, 5.74) is 0. The van der Waals surface area contributed by atoms with E-state index in [0.29, 0.717) is 6.42 Å². The molecule has 0 saturated heterocycles. The van der Waals surface area contributed by atoms with Crippen LogP contribution < -0.4 is 9.79 Å². The van der Waals surface area contributed by atoms with Crippen LogP contribution in [-0.2, 0) is 28.6 Å². The number of phosphoric acid groups is 1. The fraction of sp³-hybridized carbons (Fsp3) is 1.00. The van der Waals surface area contributed by atoms with Crippen LogP contribution in [0.5, 0.6) is 0 Å². The molecule has 0 amide bonds. The van der Waals surface area contributed by atoms with Crippen molar-refractivity contribution in [3.63, 3.8) is 0 Å². The smallest absolute Gasteiger partial charge is 0.790 e. The van der Waals surface area contributed by atoms with E-state index in [4.69, 9.17) is 0 Å². The standard InChI is InChI=1S/C10H23O4P.Zn/c1-2-3-4-5-6-7-8-9-10-14-15(11,12)13;/h2-10H2,1H3,(H2,11,12,13);/q;+2/p-2. The van der Waals surface area contributed by atoms with Crippen LogP contribution in [0.15, 0.2) is 0 Å². The third kappa shape index (κ3) is 17.1. The third-order valence-corrected chi connectivity index (χ3v) is 2.75. The van der Waals surface area contributed by atoms with Crippen molar-refractivity contribution in [3.8, 4) is 0 Å². The molecule has 0 radical (unpaired) electrons. The quantitative estimate of drug-likeness (QED) is 0.351. The molecule has 0 aromatic rings. The van der Waals surface area contributed by atoms with E-state index < -0.39 is 7.82 Å². The molecule has 16 heavy (non-hydrogen) atoms. The number of rotatable bonds is 10. The fourth-order valence-electron chi connectivity index (χ4n) is 1.41. The first-order valence-corrected chi connectivity index (χ1v) is 7.19. The number of phosphoric ester groups is 1. The molecule has 0 atom stereocenters. The second-order valence-corrected chi connectivity index (χ2v) is 4.91. The van der Waals surface area contributed by atoms with E-state index in [-0.39, 0.29) is 26.1 Å². The van der Waals surface area contributed by atoms with Crippen molar-refractivity contribution in [2.24, 2.45) is 0 Å². The summed E-state index contributed by atoms with van der Waals surface area (Å²) in [5.74, 6) is 0. The Morgan fingerprint density at radius 2 is 1.38 bits per heavy atom. The summed E-state index contributed by atoms with van der Waals surface area (Å²) in [6.07, 6.45) is 8.93. The molecule has 0 N–H and O–H groups in total. The summed E-state index contributed by atoms with van der Waals surface area (Å²) in [7, 11) is -4.74. The Hall–Kier alpha value is 0.733. The summed E-state index contributed by atoms with van der Waals surface area (Å²) in [6.45, 7) is 2.22. The van der Waals surface area contributed by atoms with E-state index >= 15 is 0 Å². The Bertz CT molecular complexity index is 184. The van der Waals surface area contributed by atoms with E-state index in [1.807, 2.05) is 0 Å². The van der Waals surface area contributed by atoms with Crippen LogP contribution >= 0.6 is 7.82 Å². The van der Waals surface area contributed by atoms with Gasteiger partial charge in [0.05, 0.1) is 14.4 Å². The molecule has 0 heterocycles. The van der Waals surface area contributed by atoms with Gasteiger partial charge in [-0.15, -0.1) is 0 Å². The molecule has 92 valence electrons. The first kappa shape index (κ1) is 19.1. The maximum atomic E-state index is 10.1. The van der Waals surface area contributed by atoms with Gasteiger partial charge in [0, 0.05) is 0 Å². The SMILES string of the molecule is CCCCCCCCCCOP(=O)([O-])[O-].[Zn+2]. The van der Waals surface area contributed by atoms with Gasteiger partial charge >= 0.3 is 19.5 Å². The van der Waals surface area contributed by atoms with Crippen LogP contribution in [0.3, 0.4) is 0 Å². The van der Waals surface area contributed by atoms with Gasteiger partial charge in [-0.2, -0.15) is 0 Å². The number of hydrogen-bond donors (Lipinski definition) is 0. The summed E-state index contributed by atoms with van der Waals surface area (Å²) >= 11 is 0. The molecule has 0 bridgehead atoms. The van der Waals surface area contributed by atoms with Gasteiger partial charge in [0.2, 0.25) is 0 Å². The summed E-state index contributed by atoms with van der Waals surface area (Å²) < 4.78 is 14.2. The molecular formula is C10H21O4PZn. The summed E-state index contributed by atoms with van der Waals surface area (Å²) in [5, 5.41) is 0. The number of unbranched alkanes of at least 4 members (excludes halogenated alkanes) is 7. The van der Waals surface area contributed by atoms with Gasteiger partial charge in [-0.05, 0) is 6.42 Å². The van der Waals surface area contributed by atoms with E-state index in [2.05, 4.69) is 11.4 Å². The Morgan fingerprint density at radius 3 is 1.81 bits per heavy atom. The van der Waals surface area contributed by atoms with Crippen molar-refractivity contribution in [2.45, 2.75) is 58.3 Å². The zero-order valence-electron chi connectivity index (χ0n) is 10.2. The predicted molar refractivity (Wildman–Crippen MR) is 56.2 cm³/mol. The zero-order valence-corrected chi connectivity index (χ0v) is 14.0. The molecule has 6 heteroatoms. The topological polar surface area (TPSA) is 72.4 Å². The molecule has 0 fully saturated rings. The van der Waals surface area contributed by atoms with Gasteiger partial charge < -0.3 is 18.9 Å². The normalized spacial score (nSPS) is 11.2. The van der Waals surface area contributed by atoms with E-state index in [1.165, 1.54) is 32.1 Å². The van der Waals surface area contributed by atoms with Gasteiger partial charge in [-0.25, -0.2) is 0 Å². The monoisotopic (exact) mass is 300 g/mol. The maximum Gasteiger partial charge on any atom is 2.00 e. The molecule has 0 aliphatic carbocycles. The van der Waals surface area contributed by atoms with Crippen LogP contribution in [0, 0.1) is 0 Å². The van der Waals surface area contributed by atoms with Crippen LogP contribution in [0.4, 0.5) is 0 Å². The minimum absolute atomic E-state index is 0. The molecule has 0 aliphatic heterocycles. The Labute approximate surface area is 111 Å². The maximum absolute atomic E-state index is 10.1. The van der Waals surface area contributed by atoms with Gasteiger partial charge in [-0.1, -0.05) is 51.9 Å². The molecule has 0 unspecified atom stereocenters. The minimum atomic E-state index is -4.74. The van der Waals surface area contributed by atoms with E-state index in [9.17, 15) is 14.4 Å². The Kier molecular flexibility index (Phi) is 14.5. The van der Waals surface area contributed by atoms with Crippen molar-refractivity contribution >= 4 is 7.82 Å². The number of hydrogen-bond acceptors (Lipinski definition) is 4. The molecule has 0 aromatic carbocycles. The van der Waals surface area contributed by atoms with Crippen LogP contribution in [0.1, 0.15) is 58.3 Å². The molecule has 0 aromatic heterocycles. The summed E-state index contributed by atoms with van der Waals surface area (Å²) in [6, 6.07) is 0. The van der Waals surface area contributed by atoms with Crippen LogP contribution in [-0.4, -0.2) is 6.61 Å².